The molecule has 1 saturated heterocycles. The summed E-state index contributed by atoms with van der Waals surface area (Å²) in [5.41, 5.74) is 2.80. The van der Waals surface area contributed by atoms with Crippen LogP contribution in [0.4, 0.5) is 8.78 Å². The molecule has 0 unspecified atom stereocenters. The second-order valence-electron chi connectivity index (χ2n) is 9.59. The highest BCUT2D eigenvalue weighted by Crippen LogP contribution is 2.33. The van der Waals surface area contributed by atoms with Gasteiger partial charge in [0.25, 0.3) is 0 Å². The lowest BCUT2D eigenvalue weighted by molar-refractivity contribution is -0.139. The zero-order valence-electron chi connectivity index (χ0n) is 21.5. The molecular weight excluding hydrogens is 492 g/mol. The number of carboxylic acids is 1. The molecule has 0 amide bonds. The smallest absolute Gasteiger partial charge is 0.306 e. The molecule has 2 N–H and O–H groups in total. The number of nitrogens with zero attached hydrogens (tertiary/aromatic N) is 1. The third-order valence-electron chi connectivity index (χ3n) is 6.84. The van der Waals surface area contributed by atoms with Crippen LogP contribution in [0.2, 0.25) is 0 Å². The Kier molecular flexibility index (Phi) is 9.31. The van der Waals surface area contributed by atoms with Crippen molar-refractivity contribution in [2.75, 3.05) is 20.2 Å². The Morgan fingerprint density at radius 2 is 1.76 bits per heavy atom. The zero-order valence-corrected chi connectivity index (χ0v) is 21.5. The van der Waals surface area contributed by atoms with Crippen molar-refractivity contribution in [1.82, 2.24) is 4.90 Å². The third-order valence-corrected chi connectivity index (χ3v) is 6.84. The third kappa shape index (κ3) is 6.88. The molecule has 3 aromatic rings. The van der Waals surface area contributed by atoms with Crippen molar-refractivity contribution < 1.29 is 33.3 Å². The minimum Gasteiger partial charge on any atom is -0.497 e. The van der Waals surface area contributed by atoms with Gasteiger partial charge in [0.05, 0.1) is 19.6 Å². The maximum Gasteiger partial charge on any atom is 0.306 e. The Morgan fingerprint density at radius 1 is 1.00 bits per heavy atom. The lowest BCUT2D eigenvalue weighted by Gasteiger charge is -2.23. The maximum atomic E-state index is 15.0. The highest BCUT2D eigenvalue weighted by atomic mass is 19.1. The first-order valence-corrected chi connectivity index (χ1v) is 12.8. The van der Waals surface area contributed by atoms with Crippen LogP contribution in [0.3, 0.4) is 0 Å². The molecular formula is C30H33F2NO5. The van der Waals surface area contributed by atoms with Gasteiger partial charge >= 0.3 is 5.97 Å². The summed E-state index contributed by atoms with van der Waals surface area (Å²) < 4.78 is 41.0. The Balaban J connectivity index is 1.61. The molecule has 0 spiro atoms. The predicted octanol–water partition coefficient (Wildman–Crippen LogP) is 6.10. The van der Waals surface area contributed by atoms with E-state index in [1.165, 1.54) is 37.1 Å². The Bertz CT molecular complexity index is 1260. The van der Waals surface area contributed by atoms with E-state index in [-0.39, 0.29) is 23.7 Å². The van der Waals surface area contributed by atoms with E-state index in [1.54, 1.807) is 19.2 Å². The number of benzene rings is 3. The predicted molar refractivity (Wildman–Crippen MR) is 140 cm³/mol. The van der Waals surface area contributed by atoms with Crippen LogP contribution in [-0.4, -0.2) is 41.3 Å². The molecule has 8 heteroatoms. The standard InChI is InChI=1S/C30H33F2NO5/c1-37-22-10-12-26(31)25(16-22)23-11-9-20(15-21(23)18-33-13-4-2-3-5-14-33)19-38-28-8-6-7-24(30(28)32)27(34)17-29(35)36/h6-12,15-16,27,34H,2-5,13-14,17-19H2,1H3,(H,35,36)/t27-/m1/s1. The van der Waals surface area contributed by atoms with E-state index < -0.39 is 24.3 Å². The van der Waals surface area contributed by atoms with Crippen molar-refractivity contribution in [2.45, 2.75) is 51.4 Å². The molecule has 0 aliphatic carbocycles. The number of carboxylic acid groups (broad SMARTS) is 1. The summed E-state index contributed by atoms with van der Waals surface area (Å²) in [5, 5.41) is 19.0. The summed E-state index contributed by atoms with van der Waals surface area (Å²) in [6.07, 6.45) is 2.56. The number of aliphatic hydroxyl groups excluding tert-OH is 1. The molecule has 3 aromatic carbocycles. The number of aliphatic hydroxyl groups is 1. The molecule has 4 rings (SSSR count). The topological polar surface area (TPSA) is 79.2 Å². The van der Waals surface area contributed by atoms with E-state index >= 15 is 0 Å². The molecule has 0 saturated carbocycles. The monoisotopic (exact) mass is 525 g/mol. The molecule has 38 heavy (non-hydrogen) atoms. The van der Waals surface area contributed by atoms with E-state index in [1.807, 2.05) is 18.2 Å². The van der Waals surface area contributed by atoms with E-state index in [2.05, 4.69) is 4.90 Å². The van der Waals surface area contributed by atoms with Crippen LogP contribution < -0.4 is 9.47 Å². The Hall–Kier alpha value is -3.49. The summed E-state index contributed by atoms with van der Waals surface area (Å²) in [4.78, 5) is 13.3. The number of ether oxygens (including phenoxy) is 2. The molecule has 0 radical (unpaired) electrons. The van der Waals surface area contributed by atoms with Gasteiger partial charge in [-0.3, -0.25) is 9.69 Å². The van der Waals surface area contributed by atoms with Crippen molar-refractivity contribution in [3.8, 4) is 22.6 Å². The minimum absolute atomic E-state index is 0.0449. The fourth-order valence-corrected chi connectivity index (χ4v) is 4.84. The highest BCUT2D eigenvalue weighted by molar-refractivity contribution is 5.70. The highest BCUT2D eigenvalue weighted by Gasteiger charge is 2.20. The van der Waals surface area contributed by atoms with Crippen LogP contribution in [0, 0.1) is 11.6 Å². The number of hydrogen-bond acceptors (Lipinski definition) is 5. The van der Waals surface area contributed by atoms with Gasteiger partial charge in [-0.25, -0.2) is 8.78 Å². The fraction of sp³-hybridized carbons (Fsp3) is 0.367. The molecule has 0 aromatic heterocycles. The zero-order chi connectivity index (χ0) is 27.1. The summed E-state index contributed by atoms with van der Waals surface area (Å²) in [6.45, 7) is 2.63. The number of rotatable bonds is 10. The van der Waals surface area contributed by atoms with Crippen molar-refractivity contribution in [3.63, 3.8) is 0 Å². The maximum absolute atomic E-state index is 15.0. The van der Waals surface area contributed by atoms with Gasteiger partial charge in [-0.05, 0) is 66.9 Å². The Labute approximate surface area is 221 Å². The van der Waals surface area contributed by atoms with Gasteiger partial charge in [-0.2, -0.15) is 0 Å². The van der Waals surface area contributed by atoms with E-state index in [0.29, 0.717) is 17.9 Å². The normalized spacial score (nSPS) is 15.1. The second kappa shape index (κ2) is 12.8. The number of aliphatic carboxylic acids is 1. The minimum atomic E-state index is -1.48. The first kappa shape index (κ1) is 27.5. The average Bonchev–Trinajstić information content (AvgIpc) is 3.17. The summed E-state index contributed by atoms with van der Waals surface area (Å²) in [5.74, 6) is -1.88. The average molecular weight is 526 g/mol. The first-order valence-electron chi connectivity index (χ1n) is 12.8. The van der Waals surface area contributed by atoms with Crippen LogP contribution in [-0.2, 0) is 17.9 Å². The fourth-order valence-electron chi connectivity index (χ4n) is 4.84. The molecule has 1 atom stereocenters. The van der Waals surface area contributed by atoms with E-state index in [9.17, 15) is 18.7 Å². The second-order valence-corrected chi connectivity index (χ2v) is 9.59. The van der Waals surface area contributed by atoms with Gasteiger partial charge in [-0.1, -0.05) is 43.2 Å². The molecule has 1 heterocycles. The number of methoxy groups -OCH3 is 1. The van der Waals surface area contributed by atoms with Gasteiger partial charge in [0.15, 0.2) is 11.6 Å². The number of halogens is 2. The van der Waals surface area contributed by atoms with Crippen molar-refractivity contribution in [3.05, 3.63) is 82.9 Å². The van der Waals surface area contributed by atoms with E-state index in [4.69, 9.17) is 14.6 Å². The molecule has 0 bridgehead atoms. The van der Waals surface area contributed by atoms with Crippen molar-refractivity contribution in [1.29, 1.82) is 0 Å². The molecule has 1 fully saturated rings. The summed E-state index contributed by atoms with van der Waals surface area (Å²) in [6, 6.07) is 14.6. The van der Waals surface area contributed by atoms with Gasteiger partial charge in [-0.15, -0.1) is 0 Å². The van der Waals surface area contributed by atoms with Gasteiger partial charge in [0.2, 0.25) is 0 Å². The summed E-state index contributed by atoms with van der Waals surface area (Å²) in [7, 11) is 1.55. The summed E-state index contributed by atoms with van der Waals surface area (Å²) >= 11 is 0. The number of likely N-dealkylation sites (tertiary alicyclic amines) is 1. The van der Waals surface area contributed by atoms with Crippen LogP contribution >= 0.6 is 0 Å². The van der Waals surface area contributed by atoms with Gasteiger partial charge in [0, 0.05) is 17.7 Å². The SMILES string of the molecule is COc1ccc(F)c(-c2ccc(COc3cccc([C@H](O)CC(=O)O)c3F)cc2CN2CCCCCC2)c1. The van der Waals surface area contributed by atoms with Crippen molar-refractivity contribution >= 4 is 5.97 Å². The number of hydrogen-bond donors (Lipinski definition) is 2. The van der Waals surface area contributed by atoms with Crippen molar-refractivity contribution in [2.24, 2.45) is 0 Å². The molecule has 1 aliphatic rings. The molecule has 1 aliphatic heterocycles. The largest absolute Gasteiger partial charge is 0.497 e. The number of carbonyl (C=O) groups is 1. The van der Waals surface area contributed by atoms with Crippen LogP contribution in [0.15, 0.2) is 54.6 Å². The lowest BCUT2D eigenvalue weighted by Crippen LogP contribution is -2.24. The molecule has 6 nitrogen and oxygen atoms in total. The lowest BCUT2D eigenvalue weighted by atomic mass is 9.96. The van der Waals surface area contributed by atoms with Gasteiger partial charge < -0.3 is 19.7 Å². The quantitative estimate of drug-likeness (QED) is 0.333. The van der Waals surface area contributed by atoms with Crippen LogP contribution in [0.1, 0.15) is 54.9 Å². The molecule has 202 valence electrons. The van der Waals surface area contributed by atoms with Crippen LogP contribution in [0.25, 0.3) is 11.1 Å². The first-order chi connectivity index (χ1) is 18.4. The van der Waals surface area contributed by atoms with Crippen LogP contribution in [0.5, 0.6) is 11.5 Å². The van der Waals surface area contributed by atoms with Gasteiger partial charge in [0.1, 0.15) is 18.2 Å². The Morgan fingerprint density at radius 3 is 2.47 bits per heavy atom. The van der Waals surface area contributed by atoms with E-state index in [0.717, 1.165) is 42.6 Å².